The first-order valence-corrected chi connectivity index (χ1v) is 13.0. The quantitative estimate of drug-likeness (QED) is 0.0867. The molecule has 12 nitrogen and oxygen atoms in total. The molecule has 0 fully saturated rings. The summed E-state index contributed by atoms with van der Waals surface area (Å²) < 4.78 is 14.3. The van der Waals surface area contributed by atoms with Gasteiger partial charge in [0.2, 0.25) is 17.8 Å². The molecule has 3 aromatic carbocycles. The smallest absolute Gasteiger partial charge is 0.269 e. The summed E-state index contributed by atoms with van der Waals surface area (Å²) in [6, 6.07) is 19.3. The molecule has 2 aromatic heterocycles. The molecular weight excluding hydrogens is 576 g/mol. The number of rotatable bonds is 7. The number of thiocarbonyl (C=S) groups is 2. The molecule has 0 saturated carbocycles. The highest BCUT2D eigenvalue weighted by Crippen LogP contribution is 2.28. The van der Waals surface area contributed by atoms with E-state index in [1.807, 2.05) is 30.3 Å². The maximum Gasteiger partial charge on any atom is 0.269 e. The van der Waals surface area contributed by atoms with E-state index in [1.54, 1.807) is 6.07 Å². The van der Waals surface area contributed by atoms with Crippen molar-refractivity contribution in [3.63, 3.8) is 0 Å². The number of fused-ring (bicyclic) bond motifs is 1. The Morgan fingerprint density at radius 3 is 2.00 bits per heavy atom. The maximum absolute atomic E-state index is 13.6. The van der Waals surface area contributed by atoms with Crippen LogP contribution in [-0.4, -0.2) is 35.1 Å². The predicted octanol–water partition coefficient (Wildman–Crippen LogP) is 5.89. The molecule has 0 radical (unpaired) electrons. The lowest BCUT2D eigenvalue weighted by Crippen LogP contribution is -2.24. The van der Waals surface area contributed by atoms with E-state index in [0.29, 0.717) is 21.0 Å². The van der Waals surface area contributed by atoms with Gasteiger partial charge < -0.3 is 21.3 Å². The summed E-state index contributed by atoms with van der Waals surface area (Å²) in [6.45, 7) is 0. The number of anilines is 6. The highest BCUT2D eigenvalue weighted by Gasteiger charge is 2.13. The van der Waals surface area contributed by atoms with Crippen LogP contribution in [0.2, 0.25) is 0 Å². The van der Waals surface area contributed by atoms with E-state index in [1.165, 1.54) is 47.7 Å². The van der Waals surface area contributed by atoms with Crippen LogP contribution < -0.4 is 26.6 Å². The fourth-order valence-corrected chi connectivity index (χ4v) is 4.61. The van der Waals surface area contributed by atoms with Gasteiger partial charge in [-0.2, -0.15) is 15.0 Å². The van der Waals surface area contributed by atoms with Gasteiger partial charge in [-0.15, -0.1) is 0 Å². The van der Waals surface area contributed by atoms with E-state index in [2.05, 4.69) is 46.5 Å². The number of hydrogen-bond acceptors (Lipinski definition) is 10. The van der Waals surface area contributed by atoms with Crippen LogP contribution in [0, 0.1) is 15.9 Å². The van der Waals surface area contributed by atoms with Gasteiger partial charge in [-0.1, -0.05) is 29.5 Å². The number of non-ortho nitro benzene ring substituents is 1. The zero-order valence-electron chi connectivity index (χ0n) is 20.1. The second kappa shape index (κ2) is 11.9. The van der Waals surface area contributed by atoms with Crippen molar-refractivity contribution in [2.24, 2.45) is 0 Å². The van der Waals surface area contributed by atoms with Crippen molar-refractivity contribution in [1.82, 2.24) is 19.9 Å². The highest BCUT2D eigenvalue weighted by atomic mass is 32.1. The lowest BCUT2D eigenvalue weighted by molar-refractivity contribution is -0.384. The lowest BCUT2D eigenvalue weighted by Gasteiger charge is -2.13. The van der Waals surface area contributed by atoms with Crippen LogP contribution in [0.25, 0.3) is 10.2 Å². The van der Waals surface area contributed by atoms with Gasteiger partial charge in [-0.3, -0.25) is 15.4 Å². The van der Waals surface area contributed by atoms with Crippen molar-refractivity contribution in [2.45, 2.75) is 0 Å². The highest BCUT2D eigenvalue weighted by molar-refractivity contribution is 7.81. The monoisotopic (exact) mass is 592 g/mol. The molecule has 0 atom stereocenters. The van der Waals surface area contributed by atoms with Gasteiger partial charge in [-0.05, 0) is 66.9 Å². The molecule has 0 aliphatic rings. The third-order valence-electron chi connectivity index (χ3n) is 5.02. The summed E-state index contributed by atoms with van der Waals surface area (Å²) in [7, 11) is 0. The summed E-state index contributed by atoms with van der Waals surface area (Å²) in [6.07, 6.45) is 0. The van der Waals surface area contributed by atoms with E-state index < -0.39 is 4.92 Å². The van der Waals surface area contributed by atoms with Gasteiger partial charge >= 0.3 is 0 Å². The Kier molecular flexibility index (Phi) is 7.90. The number of nitro groups is 1. The minimum Gasteiger partial charge on any atom is -0.332 e. The Balaban J connectivity index is 1.36. The minimum absolute atomic E-state index is 0.0500. The van der Waals surface area contributed by atoms with Gasteiger partial charge in [0.05, 0.1) is 15.1 Å². The number of aromatic nitrogens is 4. The van der Waals surface area contributed by atoms with Gasteiger partial charge in [0, 0.05) is 23.5 Å². The first kappa shape index (κ1) is 26.7. The number of thiazole rings is 1. The zero-order valence-corrected chi connectivity index (χ0v) is 22.5. The van der Waals surface area contributed by atoms with Gasteiger partial charge in [0.1, 0.15) is 5.82 Å². The largest absolute Gasteiger partial charge is 0.332 e. The number of nitro benzene ring substituents is 1. The summed E-state index contributed by atoms with van der Waals surface area (Å²) in [4.78, 5) is 27.9. The first-order chi connectivity index (χ1) is 19.3. The molecule has 0 aliphatic carbocycles. The van der Waals surface area contributed by atoms with Crippen LogP contribution in [0.3, 0.4) is 0 Å². The molecule has 0 saturated heterocycles. The van der Waals surface area contributed by atoms with Crippen molar-refractivity contribution < 1.29 is 9.31 Å². The molecule has 0 bridgehead atoms. The number of para-hydroxylation sites is 1. The standard InChI is InChI=1S/C24H17FN10O2S3/c25-13-6-11-17-18(12-13)40-24(28-17)34-21-30-19(32-22(38)26-14-4-2-1-3-5-14)29-20(31-21)33-23(39)27-15-7-9-16(10-8-15)35(36)37/h1-12H,(H5,26,27,28,29,30,31,32,33,34,38,39). The number of hydrogen-bond donors (Lipinski definition) is 5. The fourth-order valence-electron chi connectivity index (χ4n) is 3.31. The number of halogens is 1. The minimum atomic E-state index is -0.493. The number of benzene rings is 3. The molecular formula is C24H17FN10O2S3. The molecule has 5 rings (SSSR count). The molecule has 0 spiro atoms. The SMILES string of the molecule is O=[N+]([O-])c1ccc(NC(=S)Nc2nc(NC(=S)Nc3ccccc3)nc(Nc3nc4ccc(F)cc4s3)n2)cc1. The number of nitrogens with zero attached hydrogens (tertiary/aromatic N) is 5. The van der Waals surface area contributed by atoms with Crippen molar-refractivity contribution in [2.75, 3.05) is 26.6 Å². The lowest BCUT2D eigenvalue weighted by atomic mass is 10.3. The van der Waals surface area contributed by atoms with Crippen molar-refractivity contribution in [3.05, 3.63) is 88.7 Å². The maximum atomic E-state index is 13.6. The summed E-state index contributed by atoms with van der Waals surface area (Å²) in [5.41, 5.74) is 1.84. The molecule has 5 N–H and O–H groups in total. The van der Waals surface area contributed by atoms with E-state index in [9.17, 15) is 14.5 Å². The van der Waals surface area contributed by atoms with Crippen LogP contribution in [0.1, 0.15) is 0 Å². The normalized spacial score (nSPS) is 10.5. The number of nitrogens with one attached hydrogen (secondary N) is 5. The van der Waals surface area contributed by atoms with Gasteiger partial charge in [-0.25, -0.2) is 9.37 Å². The zero-order chi connectivity index (χ0) is 28.1. The molecule has 2 heterocycles. The predicted molar refractivity (Wildman–Crippen MR) is 162 cm³/mol. The van der Waals surface area contributed by atoms with E-state index in [4.69, 9.17) is 24.4 Å². The summed E-state index contributed by atoms with van der Waals surface area (Å²) >= 11 is 12.0. The average molecular weight is 593 g/mol. The molecule has 0 amide bonds. The van der Waals surface area contributed by atoms with E-state index >= 15 is 0 Å². The summed E-state index contributed by atoms with van der Waals surface area (Å²) in [5.74, 6) is -0.0951. The molecule has 40 heavy (non-hydrogen) atoms. The molecule has 0 aliphatic heterocycles. The molecule has 16 heteroatoms. The Labute approximate surface area is 240 Å². The Bertz CT molecular complexity index is 1720. The van der Waals surface area contributed by atoms with Gasteiger partial charge in [0.15, 0.2) is 15.4 Å². The Morgan fingerprint density at radius 2 is 1.38 bits per heavy atom. The topological polar surface area (TPSA) is 155 Å². The van der Waals surface area contributed by atoms with Crippen LogP contribution in [-0.2, 0) is 0 Å². The van der Waals surface area contributed by atoms with Crippen molar-refractivity contribution in [1.29, 1.82) is 0 Å². The van der Waals surface area contributed by atoms with Gasteiger partial charge in [0.25, 0.3) is 5.69 Å². The third-order valence-corrected chi connectivity index (χ3v) is 6.36. The van der Waals surface area contributed by atoms with Crippen LogP contribution in [0.15, 0.2) is 72.8 Å². The first-order valence-electron chi connectivity index (χ1n) is 11.4. The van der Waals surface area contributed by atoms with Crippen LogP contribution in [0.4, 0.5) is 44.4 Å². The van der Waals surface area contributed by atoms with Crippen LogP contribution in [0.5, 0.6) is 0 Å². The van der Waals surface area contributed by atoms with Crippen molar-refractivity contribution >= 4 is 96.3 Å². The second-order valence-electron chi connectivity index (χ2n) is 7.89. The van der Waals surface area contributed by atoms with Crippen LogP contribution >= 0.6 is 35.8 Å². The average Bonchev–Trinajstić information content (AvgIpc) is 3.30. The van der Waals surface area contributed by atoms with E-state index in [-0.39, 0.29) is 39.6 Å². The summed E-state index contributed by atoms with van der Waals surface area (Å²) in [5, 5.41) is 26.4. The molecule has 200 valence electrons. The van der Waals surface area contributed by atoms with Crippen molar-refractivity contribution in [3.8, 4) is 0 Å². The second-order valence-corrected chi connectivity index (χ2v) is 9.74. The third kappa shape index (κ3) is 6.93. The fraction of sp³-hybridized carbons (Fsp3) is 0. The van der Waals surface area contributed by atoms with E-state index in [0.717, 1.165) is 5.69 Å². The molecule has 0 unspecified atom stereocenters. The Hall–Kier alpha value is -4.93. The molecule has 5 aromatic rings. The Morgan fingerprint density at radius 1 is 0.775 bits per heavy atom.